The predicted octanol–water partition coefficient (Wildman–Crippen LogP) is 3.57. The molecule has 1 heterocycles. The Bertz CT molecular complexity index is 1150. The van der Waals surface area contributed by atoms with E-state index in [0.717, 1.165) is 4.09 Å². The number of nitrogens with two attached hydrogens (primary N) is 1. The summed E-state index contributed by atoms with van der Waals surface area (Å²) in [6, 6.07) is 10.9. The van der Waals surface area contributed by atoms with Gasteiger partial charge in [-0.15, -0.1) is 4.09 Å². The molecule has 1 aromatic heterocycles. The number of hydrogen-bond donors (Lipinski definition) is 1. The van der Waals surface area contributed by atoms with Crippen molar-refractivity contribution in [2.45, 2.75) is 25.7 Å². The summed E-state index contributed by atoms with van der Waals surface area (Å²) in [5.74, 6) is 1.95. The first kappa shape index (κ1) is 23.3. The molecule has 2 N–H and O–H groups in total. The van der Waals surface area contributed by atoms with Gasteiger partial charge in [-0.2, -0.15) is 13.5 Å². The second-order valence-corrected chi connectivity index (χ2v) is 8.35. The number of hydrogen-bond acceptors (Lipinski definition) is 8. The molecule has 2 aromatic carbocycles. The van der Waals surface area contributed by atoms with Crippen molar-refractivity contribution in [1.29, 1.82) is 0 Å². The van der Waals surface area contributed by atoms with E-state index in [4.69, 9.17) is 24.7 Å². The number of ether oxygens (including phenoxy) is 4. The monoisotopic (exact) mass is 461 g/mol. The number of anilines is 1. The molecule has 0 fully saturated rings. The van der Waals surface area contributed by atoms with Crippen molar-refractivity contribution in [1.82, 2.24) is 9.19 Å². The lowest BCUT2D eigenvalue weighted by Crippen LogP contribution is -2.16. The molecule has 3 rings (SSSR count). The molecule has 0 saturated carbocycles. The summed E-state index contributed by atoms with van der Waals surface area (Å²) in [7, 11) is -2.50. The number of nitrogens with zero attached hydrogens (tertiary/aromatic N) is 2. The van der Waals surface area contributed by atoms with Crippen LogP contribution in [0.2, 0.25) is 0 Å². The van der Waals surface area contributed by atoms with E-state index in [1.54, 1.807) is 24.3 Å². The maximum atomic E-state index is 13.1. The molecule has 0 radical (unpaired) electrons. The quantitative estimate of drug-likeness (QED) is 0.487. The number of methoxy groups -OCH3 is 1. The van der Waals surface area contributed by atoms with Gasteiger partial charge in [0.1, 0.15) is 11.6 Å². The molecule has 172 valence electrons. The number of aromatic nitrogens is 2. The zero-order chi connectivity index (χ0) is 23.3. The molecule has 0 amide bonds. The van der Waals surface area contributed by atoms with Gasteiger partial charge in [-0.05, 0) is 57.2 Å². The third kappa shape index (κ3) is 4.59. The average Bonchev–Trinajstić information content (AvgIpc) is 3.18. The topological polar surface area (TPSA) is 115 Å². The van der Waals surface area contributed by atoms with Crippen molar-refractivity contribution in [3.63, 3.8) is 0 Å². The Morgan fingerprint density at radius 1 is 0.906 bits per heavy atom. The molecule has 32 heavy (non-hydrogen) atoms. The van der Waals surface area contributed by atoms with Gasteiger partial charge in [0.05, 0.1) is 37.5 Å². The zero-order valence-electron chi connectivity index (χ0n) is 18.5. The molecule has 0 saturated heterocycles. The van der Waals surface area contributed by atoms with Gasteiger partial charge in [-0.25, -0.2) is 0 Å². The van der Waals surface area contributed by atoms with Crippen LogP contribution in [0.5, 0.6) is 23.0 Å². The second-order valence-electron chi connectivity index (χ2n) is 6.58. The highest BCUT2D eigenvalue weighted by Crippen LogP contribution is 2.42. The summed E-state index contributed by atoms with van der Waals surface area (Å²) in [5, 5.41) is 4.27. The van der Waals surface area contributed by atoms with E-state index in [1.807, 2.05) is 20.8 Å². The van der Waals surface area contributed by atoms with Crippen LogP contribution in [0, 0.1) is 0 Å². The molecular formula is C22H27N3O6S. The van der Waals surface area contributed by atoms with Gasteiger partial charge in [0.15, 0.2) is 11.5 Å². The molecule has 10 heteroatoms. The fourth-order valence-electron chi connectivity index (χ4n) is 3.10. The Labute approximate surface area is 187 Å². The first-order chi connectivity index (χ1) is 15.3. The van der Waals surface area contributed by atoms with Crippen LogP contribution in [0.1, 0.15) is 20.8 Å². The Hall–Kier alpha value is -3.40. The third-order valence-electron chi connectivity index (χ3n) is 4.49. The fraction of sp³-hybridized carbons (Fsp3) is 0.318. The highest BCUT2D eigenvalue weighted by Gasteiger charge is 2.24. The minimum Gasteiger partial charge on any atom is -0.497 e. The minimum atomic E-state index is -4.00. The second kappa shape index (κ2) is 9.82. The normalized spacial score (nSPS) is 11.2. The molecule has 0 aliphatic heterocycles. The van der Waals surface area contributed by atoms with Crippen LogP contribution in [0.25, 0.3) is 11.3 Å². The minimum absolute atomic E-state index is 0.0272. The maximum absolute atomic E-state index is 13.1. The summed E-state index contributed by atoms with van der Waals surface area (Å²) < 4.78 is 49.3. The lowest BCUT2D eigenvalue weighted by atomic mass is 10.1. The Balaban J connectivity index is 2.08. The van der Waals surface area contributed by atoms with Crippen molar-refractivity contribution in [2.75, 3.05) is 32.7 Å². The first-order valence-electron chi connectivity index (χ1n) is 10.2. The van der Waals surface area contributed by atoms with Gasteiger partial charge >= 0.3 is 0 Å². The summed E-state index contributed by atoms with van der Waals surface area (Å²) in [6.07, 6.45) is 0. The fourth-order valence-corrected chi connectivity index (χ4v) is 4.30. The van der Waals surface area contributed by atoms with Crippen LogP contribution >= 0.6 is 0 Å². The number of nitrogen functional groups attached to an aromatic ring is 1. The van der Waals surface area contributed by atoms with E-state index in [-0.39, 0.29) is 10.7 Å². The molecular weight excluding hydrogens is 434 g/mol. The van der Waals surface area contributed by atoms with Gasteiger partial charge in [-0.1, -0.05) is 0 Å². The Kier molecular flexibility index (Phi) is 7.14. The highest BCUT2D eigenvalue weighted by molar-refractivity contribution is 7.90. The van der Waals surface area contributed by atoms with Crippen molar-refractivity contribution in [2.24, 2.45) is 0 Å². The van der Waals surface area contributed by atoms with Crippen molar-refractivity contribution in [3.05, 3.63) is 42.5 Å². The lowest BCUT2D eigenvalue weighted by molar-refractivity contribution is 0.261. The average molecular weight is 462 g/mol. The van der Waals surface area contributed by atoms with Crippen LogP contribution in [-0.2, 0) is 10.0 Å². The zero-order valence-corrected chi connectivity index (χ0v) is 19.3. The molecule has 0 aliphatic rings. The molecule has 0 bridgehead atoms. The summed E-state index contributed by atoms with van der Waals surface area (Å²) in [4.78, 5) is 0.0383. The van der Waals surface area contributed by atoms with E-state index in [0.29, 0.717) is 54.1 Å². The smallest absolute Gasteiger partial charge is 0.284 e. The predicted molar refractivity (Wildman–Crippen MR) is 121 cm³/mol. The van der Waals surface area contributed by atoms with Gasteiger partial charge in [0.2, 0.25) is 5.75 Å². The van der Waals surface area contributed by atoms with E-state index in [9.17, 15) is 8.42 Å². The van der Waals surface area contributed by atoms with Gasteiger partial charge in [0, 0.05) is 11.6 Å². The summed E-state index contributed by atoms with van der Waals surface area (Å²) >= 11 is 0. The summed E-state index contributed by atoms with van der Waals surface area (Å²) in [5.41, 5.74) is 6.97. The van der Waals surface area contributed by atoms with Gasteiger partial charge in [-0.3, -0.25) is 0 Å². The highest BCUT2D eigenvalue weighted by atomic mass is 32.2. The lowest BCUT2D eigenvalue weighted by Gasteiger charge is -2.16. The molecule has 0 aliphatic carbocycles. The number of benzene rings is 2. The van der Waals surface area contributed by atoms with Crippen LogP contribution in [0.15, 0.2) is 47.4 Å². The van der Waals surface area contributed by atoms with E-state index in [2.05, 4.69) is 5.10 Å². The standard InChI is InChI=1S/C22H27N3O6S/c1-5-29-19-12-15(13-20(30-6-2)22(19)31-7-3)18-14-21(23)25(24-18)32(26,27)17-10-8-16(28-4)9-11-17/h8-14H,5-7,23H2,1-4H3. The van der Waals surface area contributed by atoms with Gasteiger partial charge in [0.25, 0.3) is 10.0 Å². The maximum Gasteiger partial charge on any atom is 0.284 e. The van der Waals surface area contributed by atoms with Crippen LogP contribution in [-0.4, -0.2) is 44.5 Å². The summed E-state index contributed by atoms with van der Waals surface area (Å²) in [6.45, 7) is 6.84. The van der Waals surface area contributed by atoms with Crippen molar-refractivity contribution >= 4 is 15.8 Å². The van der Waals surface area contributed by atoms with E-state index >= 15 is 0 Å². The number of rotatable bonds is 10. The van der Waals surface area contributed by atoms with E-state index < -0.39 is 10.0 Å². The Morgan fingerprint density at radius 2 is 1.47 bits per heavy atom. The van der Waals surface area contributed by atoms with Crippen molar-refractivity contribution in [3.8, 4) is 34.3 Å². The molecule has 3 aromatic rings. The molecule has 0 atom stereocenters. The first-order valence-corrected chi connectivity index (χ1v) is 11.6. The van der Waals surface area contributed by atoms with Crippen LogP contribution in [0.3, 0.4) is 0 Å². The molecule has 0 spiro atoms. The Morgan fingerprint density at radius 3 is 1.97 bits per heavy atom. The third-order valence-corrected chi connectivity index (χ3v) is 6.11. The largest absolute Gasteiger partial charge is 0.497 e. The molecule has 9 nitrogen and oxygen atoms in total. The molecule has 0 unspecified atom stereocenters. The van der Waals surface area contributed by atoms with Crippen LogP contribution in [0.4, 0.5) is 5.82 Å². The van der Waals surface area contributed by atoms with Gasteiger partial charge < -0.3 is 24.7 Å². The van der Waals surface area contributed by atoms with E-state index in [1.165, 1.54) is 25.3 Å². The SMILES string of the molecule is CCOc1cc(-c2cc(N)n(S(=O)(=O)c3ccc(OC)cc3)n2)cc(OCC)c1OCC. The van der Waals surface area contributed by atoms with Crippen LogP contribution < -0.4 is 24.7 Å². The van der Waals surface area contributed by atoms with Crippen molar-refractivity contribution < 1.29 is 27.4 Å².